The van der Waals surface area contributed by atoms with E-state index in [4.69, 9.17) is 5.73 Å². The topological polar surface area (TPSA) is 81.6 Å². The largest absolute Gasteiger partial charge is 0.393 e. The van der Waals surface area contributed by atoms with E-state index < -0.39 is 0 Å². The van der Waals surface area contributed by atoms with Gasteiger partial charge in [-0.25, -0.2) is 15.0 Å². The number of nitrogen functional groups attached to an aromatic ring is 1. The van der Waals surface area contributed by atoms with Gasteiger partial charge in [-0.3, -0.25) is 4.57 Å². The predicted molar refractivity (Wildman–Crippen MR) is 99.7 cm³/mol. The van der Waals surface area contributed by atoms with Crippen molar-refractivity contribution >= 4 is 22.5 Å². The van der Waals surface area contributed by atoms with Crippen LogP contribution in [0.4, 0.5) is 11.5 Å². The maximum absolute atomic E-state index is 6.31. The van der Waals surface area contributed by atoms with Crippen LogP contribution in [-0.2, 0) is 6.42 Å². The Kier molecular flexibility index (Phi) is 4.00. The van der Waals surface area contributed by atoms with Crippen LogP contribution in [0.3, 0.4) is 0 Å². The molecule has 0 aliphatic rings. The van der Waals surface area contributed by atoms with Gasteiger partial charge in [-0.15, -0.1) is 0 Å². The van der Waals surface area contributed by atoms with Crippen molar-refractivity contribution in [2.24, 2.45) is 0 Å². The Balaban J connectivity index is 1.58. The number of nitrogens with zero attached hydrogens (tertiary/aromatic N) is 4. The molecule has 6 nitrogen and oxygen atoms in total. The van der Waals surface area contributed by atoms with Crippen molar-refractivity contribution in [3.8, 4) is 5.82 Å². The molecule has 2 aromatic carbocycles. The minimum absolute atomic E-state index is 0.513. The second kappa shape index (κ2) is 6.60. The van der Waals surface area contributed by atoms with Gasteiger partial charge >= 0.3 is 0 Å². The van der Waals surface area contributed by atoms with Crippen LogP contribution in [0.1, 0.15) is 5.56 Å². The number of para-hydroxylation sites is 2. The highest BCUT2D eigenvalue weighted by Gasteiger charge is 2.12. The molecule has 0 fully saturated rings. The quantitative estimate of drug-likeness (QED) is 0.588. The number of hydrogen-bond donors (Lipinski definition) is 2. The second-order valence-electron chi connectivity index (χ2n) is 5.73. The minimum atomic E-state index is 0.513. The van der Waals surface area contributed by atoms with Crippen LogP contribution < -0.4 is 11.1 Å². The molecular formula is C19H18N6. The molecule has 0 aliphatic heterocycles. The summed E-state index contributed by atoms with van der Waals surface area (Å²) >= 11 is 0. The number of anilines is 2. The molecule has 0 spiro atoms. The average molecular weight is 330 g/mol. The van der Waals surface area contributed by atoms with Crippen molar-refractivity contribution < 1.29 is 0 Å². The molecule has 0 amide bonds. The summed E-state index contributed by atoms with van der Waals surface area (Å²) in [5, 5.41) is 3.30. The molecule has 0 aliphatic carbocycles. The van der Waals surface area contributed by atoms with Crippen molar-refractivity contribution in [3.63, 3.8) is 0 Å². The van der Waals surface area contributed by atoms with Crippen molar-refractivity contribution in [1.82, 2.24) is 19.5 Å². The Morgan fingerprint density at radius 3 is 2.60 bits per heavy atom. The van der Waals surface area contributed by atoms with Gasteiger partial charge in [-0.05, 0) is 24.1 Å². The fourth-order valence-corrected chi connectivity index (χ4v) is 2.82. The maximum atomic E-state index is 6.31. The molecule has 25 heavy (non-hydrogen) atoms. The van der Waals surface area contributed by atoms with Gasteiger partial charge in [0.15, 0.2) is 11.6 Å². The van der Waals surface area contributed by atoms with E-state index in [0.717, 1.165) is 24.0 Å². The van der Waals surface area contributed by atoms with Crippen molar-refractivity contribution in [2.45, 2.75) is 6.42 Å². The fraction of sp³-hybridized carbons (Fsp3) is 0.105. The molecule has 6 heteroatoms. The third kappa shape index (κ3) is 3.01. The summed E-state index contributed by atoms with van der Waals surface area (Å²) in [5.41, 5.74) is 9.95. The highest BCUT2D eigenvalue weighted by molar-refractivity contribution is 5.80. The fourth-order valence-electron chi connectivity index (χ4n) is 2.82. The van der Waals surface area contributed by atoms with Gasteiger partial charge in [0.1, 0.15) is 18.3 Å². The molecule has 3 N–H and O–H groups in total. The Bertz CT molecular complexity index is 993. The molecule has 0 radical (unpaired) electrons. The first kappa shape index (κ1) is 15.1. The first-order valence-corrected chi connectivity index (χ1v) is 8.13. The molecule has 2 heterocycles. The highest BCUT2D eigenvalue weighted by atomic mass is 15.2. The first-order valence-electron chi connectivity index (χ1n) is 8.13. The molecule has 0 bridgehead atoms. The van der Waals surface area contributed by atoms with E-state index >= 15 is 0 Å². The number of rotatable bonds is 5. The SMILES string of the molecule is Nc1c(NCCc2ccccc2)ncnc1-n1cnc2ccccc21. The van der Waals surface area contributed by atoms with Crippen molar-refractivity contribution in [2.75, 3.05) is 17.6 Å². The predicted octanol–water partition coefficient (Wildman–Crippen LogP) is 3.05. The van der Waals surface area contributed by atoms with E-state index in [-0.39, 0.29) is 0 Å². The van der Waals surface area contributed by atoms with E-state index in [2.05, 4.69) is 32.4 Å². The summed E-state index contributed by atoms with van der Waals surface area (Å²) in [4.78, 5) is 13.0. The zero-order valence-electron chi connectivity index (χ0n) is 13.6. The van der Waals surface area contributed by atoms with Gasteiger partial charge in [-0.1, -0.05) is 42.5 Å². The van der Waals surface area contributed by atoms with Crippen LogP contribution in [-0.4, -0.2) is 26.1 Å². The lowest BCUT2D eigenvalue weighted by molar-refractivity contribution is 0.974. The number of imidazole rings is 1. The molecule has 2 aromatic heterocycles. The molecule has 0 atom stereocenters. The second-order valence-corrected chi connectivity index (χ2v) is 5.73. The van der Waals surface area contributed by atoms with E-state index in [1.165, 1.54) is 11.9 Å². The van der Waals surface area contributed by atoms with E-state index in [9.17, 15) is 0 Å². The van der Waals surface area contributed by atoms with Gasteiger partial charge in [0.05, 0.1) is 11.0 Å². The molecule has 4 aromatic rings. The Morgan fingerprint density at radius 2 is 1.72 bits per heavy atom. The summed E-state index contributed by atoms with van der Waals surface area (Å²) in [5.74, 6) is 1.27. The molecule has 124 valence electrons. The number of aromatic nitrogens is 4. The summed E-state index contributed by atoms with van der Waals surface area (Å²) in [6.45, 7) is 0.745. The molecular weight excluding hydrogens is 312 g/mol. The Labute approximate surface area is 145 Å². The summed E-state index contributed by atoms with van der Waals surface area (Å²) in [6, 6.07) is 18.2. The van der Waals surface area contributed by atoms with Gasteiger partial charge < -0.3 is 11.1 Å². The number of nitrogens with two attached hydrogens (primary N) is 1. The van der Waals surface area contributed by atoms with E-state index in [0.29, 0.717) is 17.3 Å². The van der Waals surface area contributed by atoms with Gasteiger partial charge in [-0.2, -0.15) is 0 Å². The lowest BCUT2D eigenvalue weighted by Crippen LogP contribution is -2.11. The molecule has 0 saturated carbocycles. The highest BCUT2D eigenvalue weighted by Crippen LogP contribution is 2.24. The van der Waals surface area contributed by atoms with Crippen LogP contribution in [0.5, 0.6) is 0 Å². The minimum Gasteiger partial charge on any atom is -0.393 e. The third-order valence-corrected chi connectivity index (χ3v) is 4.09. The van der Waals surface area contributed by atoms with Crippen LogP contribution in [0.15, 0.2) is 67.3 Å². The van der Waals surface area contributed by atoms with Crippen molar-refractivity contribution in [3.05, 3.63) is 72.8 Å². The summed E-state index contributed by atoms with van der Waals surface area (Å²) < 4.78 is 1.88. The standard InChI is InChI=1S/C19H18N6/c20-17-18(21-11-10-14-6-2-1-3-7-14)22-12-23-19(17)25-13-24-15-8-4-5-9-16(15)25/h1-9,12-13H,10-11,20H2,(H,21,22,23). The van der Waals surface area contributed by atoms with E-state index in [1.807, 2.05) is 47.0 Å². The van der Waals surface area contributed by atoms with Crippen LogP contribution in [0, 0.1) is 0 Å². The summed E-state index contributed by atoms with van der Waals surface area (Å²) in [6.07, 6.45) is 4.15. The lowest BCUT2D eigenvalue weighted by atomic mass is 10.1. The normalized spacial score (nSPS) is 10.9. The molecule has 0 saturated heterocycles. The van der Waals surface area contributed by atoms with Gasteiger partial charge in [0.2, 0.25) is 0 Å². The van der Waals surface area contributed by atoms with Crippen LogP contribution in [0.2, 0.25) is 0 Å². The third-order valence-electron chi connectivity index (χ3n) is 4.09. The lowest BCUT2D eigenvalue weighted by Gasteiger charge is -2.12. The number of fused-ring (bicyclic) bond motifs is 1. The van der Waals surface area contributed by atoms with Gasteiger partial charge in [0.25, 0.3) is 0 Å². The molecule has 0 unspecified atom stereocenters. The Morgan fingerprint density at radius 1 is 0.920 bits per heavy atom. The summed E-state index contributed by atoms with van der Waals surface area (Å²) in [7, 11) is 0. The van der Waals surface area contributed by atoms with E-state index in [1.54, 1.807) is 6.33 Å². The van der Waals surface area contributed by atoms with Crippen LogP contribution >= 0.6 is 0 Å². The van der Waals surface area contributed by atoms with Crippen molar-refractivity contribution in [1.29, 1.82) is 0 Å². The smallest absolute Gasteiger partial charge is 0.167 e. The average Bonchev–Trinajstić information content (AvgIpc) is 3.08. The maximum Gasteiger partial charge on any atom is 0.167 e. The number of benzene rings is 2. The molecule has 4 rings (SSSR count). The number of hydrogen-bond acceptors (Lipinski definition) is 5. The zero-order chi connectivity index (χ0) is 17.1. The number of nitrogens with one attached hydrogen (secondary N) is 1. The Hall–Kier alpha value is -3.41. The van der Waals surface area contributed by atoms with Crippen LogP contribution in [0.25, 0.3) is 16.9 Å². The van der Waals surface area contributed by atoms with Gasteiger partial charge in [0, 0.05) is 6.54 Å². The zero-order valence-corrected chi connectivity index (χ0v) is 13.6. The monoisotopic (exact) mass is 330 g/mol. The first-order chi connectivity index (χ1) is 12.3.